The van der Waals surface area contributed by atoms with Crippen molar-refractivity contribution in [3.05, 3.63) is 58.1 Å². The van der Waals surface area contributed by atoms with Crippen molar-refractivity contribution in [3.63, 3.8) is 0 Å². The van der Waals surface area contributed by atoms with Crippen LogP contribution in [0.4, 0.5) is 0 Å². The topological polar surface area (TPSA) is 59.1 Å². The van der Waals surface area contributed by atoms with Crippen molar-refractivity contribution < 1.29 is 19.1 Å². The summed E-state index contributed by atoms with van der Waals surface area (Å²) in [6, 6.07) is 13.0. The zero-order valence-electron chi connectivity index (χ0n) is 18.9. The molecule has 8 heteroatoms. The standard InChI is InChI=1S/C25H30Cl2N2O4/c1-32-20-11-8-19(9-12-20)10-13-24(31)29-15-4-14-28(16-17-29)23(30)7-3-18-33-22-6-2-5-21(26)25(22)27/h2,5-6,8-9,11-12H,3-4,7,10,13-18H2,1H3. The van der Waals surface area contributed by atoms with Crippen LogP contribution >= 0.6 is 23.2 Å². The number of aryl methyl sites for hydroxylation is 1. The summed E-state index contributed by atoms with van der Waals surface area (Å²) in [6.45, 7) is 2.87. The first-order valence-electron chi connectivity index (χ1n) is 11.2. The molecule has 0 saturated carbocycles. The molecule has 0 bridgehead atoms. The second-order valence-electron chi connectivity index (χ2n) is 7.97. The Morgan fingerprint density at radius 3 is 2.24 bits per heavy atom. The van der Waals surface area contributed by atoms with Crippen LogP contribution in [0.1, 0.15) is 31.2 Å². The number of carbonyl (C=O) groups excluding carboxylic acids is 2. The van der Waals surface area contributed by atoms with Gasteiger partial charge >= 0.3 is 0 Å². The van der Waals surface area contributed by atoms with Crippen LogP contribution in [-0.4, -0.2) is 61.5 Å². The second-order valence-corrected chi connectivity index (χ2v) is 8.75. The van der Waals surface area contributed by atoms with E-state index in [2.05, 4.69) is 0 Å². The molecule has 2 aromatic rings. The predicted octanol–water partition coefficient (Wildman–Crippen LogP) is 4.85. The van der Waals surface area contributed by atoms with Crippen molar-refractivity contribution >= 4 is 35.0 Å². The van der Waals surface area contributed by atoms with Crippen molar-refractivity contribution in [3.8, 4) is 11.5 Å². The van der Waals surface area contributed by atoms with Crippen molar-refractivity contribution in [2.45, 2.75) is 32.1 Å². The van der Waals surface area contributed by atoms with Crippen LogP contribution in [0.25, 0.3) is 0 Å². The summed E-state index contributed by atoms with van der Waals surface area (Å²) in [5, 5.41) is 0.827. The third kappa shape index (κ3) is 7.54. The van der Waals surface area contributed by atoms with Gasteiger partial charge in [0.25, 0.3) is 0 Å². The number of hydrogen-bond acceptors (Lipinski definition) is 4. The van der Waals surface area contributed by atoms with E-state index in [4.69, 9.17) is 32.7 Å². The van der Waals surface area contributed by atoms with Crippen molar-refractivity contribution in [2.24, 2.45) is 0 Å². The molecule has 1 saturated heterocycles. The van der Waals surface area contributed by atoms with Gasteiger partial charge in [-0.05, 0) is 49.1 Å². The molecule has 0 aromatic heterocycles. The molecule has 1 fully saturated rings. The van der Waals surface area contributed by atoms with Gasteiger partial charge in [0.05, 0.1) is 18.7 Å². The van der Waals surface area contributed by atoms with E-state index in [0.717, 1.165) is 17.7 Å². The average Bonchev–Trinajstić information content (AvgIpc) is 3.09. The summed E-state index contributed by atoms with van der Waals surface area (Å²) in [5.41, 5.74) is 1.11. The Labute approximate surface area is 205 Å². The molecule has 3 rings (SSSR count). The Morgan fingerprint density at radius 2 is 1.58 bits per heavy atom. The number of ether oxygens (including phenoxy) is 2. The summed E-state index contributed by atoms with van der Waals surface area (Å²) in [5.74, 6) is 1.55. The molecular weight excluding hydrogens is 463 g/mol. The SMILES string of the molecule is COc1ccc(CCC(=O)N2CCCN(C(=O)CCCOc3cccc(Cl)c3Cl)CC2)cc1. The van der Waals surface area contributed by atoms with Crippen LogP contribution in [0.5, 0.6) is 11.5 Å². The number of amides is 2. The van der Waals surface area contributed by atoms with Crippen LogP contribution in [0.15, 0.2) is 42.5 Å². The molecule has 33 heavy (non-hydrogen) atoms. The van der Waals surface area contributed by atoms with E-state index in [1.165, 1.54) is 0 Å². The van der Waals surface area contributed by atoms with Gasteiger partial charge < -0.3 is 19.3 Å². The summed E-state index contributed by atoms with van der Waals surface area (Å²) in [6.07, 6.45) is 2.92. The van der Waals surface area contributed by atoms with E-state index in [9.17, 15) is 9.59 Å². The lowest BCUT2D eigenvalue weighted by Gasteiger charge is -2.22. The maximum absolute atomic E-state index is 12.7. The Bertz CT molecular complexity index is 937. The zero-order valence-corrected chi connectivity index (χ0v) is 20.4. The first-order chi connectivity index (χ1) is 16.0. The van der Waals surface area contributed by atoms with Gasteiger partial charge in [-0.1, -0.05) is 41.4 Å². The Kier molecular flexibility index (Phi) is 9.70. The molecule has 0 atom stereocenters. The Hall–Kier alpha value is -2.44. The molecule has 1 heterocycles. The van der Waals surface area contributed by atoms with Gasteiger partial charge in [-0.2, -0.15) is 0 Å². The molecule has 178 valence electrons. The molecule has 0 radical (unpaired) electrons. The highest BCUT2D eigenvalue weighted by atomic mass is 35.5. The molecule has 0 unspecified atom stereocenters. The number of rotatable bonds is 9. The minimum atomic E-state index is 0.0864. The number of methoxy groups -OCH3 is 1. The van der Waals surface area contributed by atoms with E-state index < -0.39 is 0 Å². The third-order valence-electron chi connectivity index (χ3n) is 5.70. The van der Waals surface area contributed by atoms with Crippen molar-refractivity contribution in [2.75, 3.05) is 39.9 Å². The monoisotopic (exact) mass is 492 g/mol. The van der Waals surface area contributed by atoms with Gasteiger partial charge in [-0.15, -0.1) is 0 Å². The van der Waals surface area contributed by atoms with E-state index in [1.54, 1.807) is 25.3 Å². The van der Waals surface area contributed by atoms with E-state index in [1.807, 2.05) is 34.1 Å². The van der Waals surface area contributed by atoms with Gasteiger partial charge in [-0.25, -0.2) is 0 Å². The minimum absolute atomic E-state index is 0.0864. The Morgan fingerprint density at radius 1 is 0.909 bits per heavy atom. The molecule has 1 aliphatic heterocycles. The normalized spacial score (nSPS) is 14.0. The summed E-state index contributed by atoms with van der Waals surface area (Å²) in [4.78, 5) is 29.0. The lowest BCUT2D eigenvalue weighted by Crippen LogP contribution is -2.37. The summed E-state index contributed by atoms with van der Waals surface area (Å²) >= 11 is 12.1. The van der Waals surface area contributed by atoms with Crippen LogP contribution in [0.3, 0.4) is 0 Å². The quantitative estimate of drug-likeness (QED) is 0.469. The highest BCUT2D eigenvalue weighted by Gasteiger charge is 2.21. The van der Waals surface area contributed by atoms with Crippen LogP contribution in [0.2, 0.25) is 10.0 Å². The van der Waals surface area contributed by atoms with E-state index >= 15 is 0 Å². The molecular formula is C25H30Cl2N2O4. The first kappa shape index (κ1) is 25.2. The lowest BCUT2D eigenvalue weighted by atomic mass is 10.1. The smallest absolute Gasteiger partial charge is 0.222 e. The largest absolute Gasteiger partial charge is 0.497 e. The molecule has 2 amide bonds. The van der Waals surface area contributed by atoms with Crippen molar-refractivity contribution in [1.29, 1.82) is 0 Å². The fraction of sp³-hybridized carbons (Fsp3) is 0.440. The van der Waals surface area contributed by atoms with Crippen LogP contribution in [-0.2, 0) is 16.0 Å². The Balaban J connectivity index is 1.38. The second kappa shape index (κ2) is 12.7. The lowest BCUT2D eigenvalue weighted by molar-refractivity contribution is -0.133. The maximum Gasteiger partial charge on any atom is 0.222 e. The number of carbonyl (C=O) groups is 2. The fourth-order valence-electron chi connectivity index (χ4n) is 3.78. The van der Waals surface area contributed by atoms with Gasteiger partial charge in [0.15, 0.2) is 0 Å². The van der Waals surface area contributed by atoms with E-state index in [0.29, 0.717) is 74.3 Å². The average molecular weight is 493 g/mol. The molecule has 0 spiro atoms. The first-order valence-corrected chi connectivity index (χ1v) is 12.0. The minimum Gasteiger partial charge on any atom is -0.497 e. The summed E-state index contributed by atoms with van der Waals surface area (Å²) in [7, 11) is 1.64. The number of benzene rings is 2. The summed E-state index contributed by atoms with van der Waals surface area (Å²) < 4.78 is 10.8. The van der Waals surface area contributed by atoms with Crippen LogP contribution in [0, 0.1) is 0 Å². The molecule has 6 nitrogen and oxygen atoms in total. The number of nitrogens with zero attached hydrogens (tertiary/aromatic N) is 2. The highest BCUT2D eigenvalue weighted by Crippen LogP contribution is 2.31. The molecule has 0 aliphatic carbocycles. The number of hydrogen-bond donors (Lipinski definition) is 0. The highest BCUT2D eigenvalue weighted by molar-refractivity contribution is 6.42. The van der Waals surface area contributed by atoms with Gasteiger partial charge in [0.1, 0.15) is 16.5 Å². The molecule has 1 aliphatic rings. The zero-order chi connectivity index (χ0) is 23.6. The molecule has 2 aromatic carbocycles. The van der Waals surface area contributed by atoms with E-state index in [-0.39, 0.29) is 11.8 Å². The maximum atomic E-state index is 12.7. The fourth-order valence-corrected chi connectivity index (χ4v) is 4.12. The van der Waals surface area contributed by atoms with Gasteiger partial charge in [0.2, 0.25) is 11.8 Å². The number of halogens is 2. The molecule has 0 N–H and O–H groups in total. The van der Waals surface area contributed by atoms with Crippen LogP contribution < -0.4 is 9.47 Å². The van der Waals surface area contributed by atoms with Gasteiger partial charge in [0, 0.05) is 39.0 Å². The third-order valence-corrected chi connectivity index (χ3v) is 6.50. The predicted molar refractivity (Wildman–Crippen MR) is 130 cm³/mol. The van der Waals surface area contributed by atoms with Crippen molar-refractivity contribution in [1.82, 2.24) is 9.80 Å². The van der Waals surface area contributed by atoms with Gasteiger partial charge in [-0.3, -0.25) is 9.59 Å².